The van der Waals surface area contributed by atoms with Crippen LogP contribution in [-0.4, -0.2) is 47.7 Å². The van der Waals surface area contributed by atoms with Gasteiger partial charge in [0.25, 0.3) is 0 Å². The van der Waals surface area contributed by atoms with Crippen LogP contribution in [0.1, 0.15) is 58.1 Å². The fourth-order valence-electron chi connectivity index (χ4n) is 5.60. The number of rotatable bonds is 15. The van der Waals surface area contributed by atoms with Gasteiger partial charge in [-0.25, -0.2) is 4.68 Å². The summed E-state index contributed by atoms with van der Waals surface area (Å²) in [6.45, 7) is 14.8. The average molecular weight is 522 g/mol. The van der Waals surface area contributed by atoms with Crippen LogP contribution in [0.3, 0.4) is 0 Å². The Bertz CT molecular complexity index is 1100. The van der Waals surface area contributed by atoms with Crippen molar-refractivity contribution in [3.8, 4) is 5.88 Å². The van der Waals surface area contributed by atoms with Crippen LogP contribution in [-0.2, 0) is 27.2 Å². The molecule has 38 heavy (non-hydrogen) atoms. The van der Waals surface area contributed by atoms with Gasteiger partial charge in [-0.3, -0.25) is 4.79 Å². The van der Waals surface area contributed by atoms with Crippen molar-refractivity contribution in [2.45, 2.75) is 77.5 Å². The van der Waals surface area contributed by atoms with Crippen molar-refractivity contribution in [3.05, 3.63) is 60.6 Å². The third kappa shape index (κ3) is 6.79. The minimum atomic E-state index is -0.107. The molecule has 2 saturated carbocycles. The van der Waals surface area contributed by atoms with E-state index < -0.39 is 0 Å². The largest absolute Gasteiger partial charge is 0.492 e. The van der Waals surface area contributed by atoms with Crippen molar-refractivity contribution >= 4 is 5.91 Å². The van der Waals surface area contributed by atoms with Gasteiger partial charge in [0.15, 0.2) is 0 Å². The predicted molar refractivity (Wildman–Crippen MR) is 148 cm³/mol. The molecule has 1 aromatic heterocycles. The summed E-state index contributed by atoms with van der Waals surface area (Å²) in [5.74, 6) is 3.31. The summed E-state index contributed by atoms with van der Waals surface area (Å²) in [4.78, 5) is 12.7. The average Bonchev–Trinajstić information content (AvgIpc) is 3.78. The van der Waals surface area contributed by atoms with Gasteiger partial charge in [-0.1, -0.05) is 24.3 Å². The number of ether oxygens (including phenoxy) is 3. The van der Waals surface area contributed by atoms with Crippen LogP contribution < -0.4 is 10.1 Å². The van der Waals surface area contributed by atoms with E-state index in [-0.39, 0.29) is 29.9 Å². The second-order valence-electron chi connectivity index (χ2n) is 11.9. The fraction of sp³-hybridized carbons (Fsp3) is 0.613. The molecule has 0 saturated heterocycles. The molecule has 5 rings (SSSR count). The summed E-state index contributed by atoms with van der Waals surface area (Å²) in [5.41, 5.74) is 2.20. The smallest absolute Gasteiger partial charge is 0.226 e. The van der Waals surface area contributed by atoms with E-state index >= 15 is 0 Å². The number of amides is 1. The minimum absolute atomic E-state index is 0.0559. The summed E-state index contributed by atoms with van der Waals surface area (Å²) in [5, 5.41) is 7.60. The molecular formula is C31H43N3O4. The molecule has 3 aliphatic carbocycles. The summed E-state index contributed by atoms with van der Waals surface area (Å²) >= 11 is 0. The van der Waals surface area contributed by atoms with Crippen LogP contribution >= 0.6 is 0 Å². The molecule has 2 heterocycles. The van der Waals surface area contributed by atoms with Gasteiger partial charge < -0.3 is 19.5 Å². The van der Waals surface area contributed by atoms with E-state index in [4.69, 9.17) is 14.2 Å². The van der Waals surface area contributed by atoms with Crippen LogP contribution in [0.2, 0.25) is 0 Å². The Labute approximate surface area is 227 Å². The summed E-state index contributed by atoms with van der Waals surface area (Å²) < 4.78 is 19.7. The molecule has 1 amide bonds. The molecule has 1 aliphatic heterocycles. The highest BCUT2D eigenvalue weighted by Crippen LogP contribution is 2.61. The number of carbonyl (C=O) groups excluding carboxylic acids is 1. The number of nitrogens with zero attached hydrogens (tertiary/aromatic N) is 2. The molecule has 7 nitrogen and oxygen atoms in total. The lowest BCUT2D eigenvalue weighted by molar-refractivity contribution is -0.121. The number of aromatic nitrogens is 2. The zero-order valence-corrected chi connectivity index (χ0v) is 23.0. The first-order chi connectivity index (χ1) is 18.3. The topological polar surface area (TPSA) is 74.6 Å². The van der Waals surface area contributed by atoms with Crippen LogP contribution in [0.25, 0.3) is 0 Å². The van der Waals surface area contributed by atoms with Gasteiger partial charge in [0.1, 0.15) is 18.5 Å². The molecule has 2 fully saturated rings. The van der Waals surface area contributed by atoms with Crippen molar-refractivity contribution in [1.29, 1.82) is 0 Å². The number of hydrogen-bond donors (Lipinski definition) is 1. The second kappa shape index (κ2) is 11.5. The third-order valence-corrected chi connectivity index (χ3v) is 8.25. The Hall–Kier alpha value is -2.80. The van der Waals surface area contributed by atoms with Crippen LogP contribution in [0, 0.1) is 23.2 Å². The lowest BCUT2D eigenvalue weighted by Gasteiger charge is -2.24. The van der Waals surface area contributed by atoms with E-state index in [0.717, 1.165) is 62.1 Å². The molecule has 0 bridgehead atoms. The molecule has 4 aliphatic rings. The normalized spacial score (nSPS) is 26.7. The van der Waals surface area contributed by atoms with Gasteiger partial charge in [-0.15, -0.1) is 6.58 Å². The van der Waals surface area contributed by atoms with Gasteiger partial charge >= 0.3 is 0 Å². The highest BCUT2D eigenvalue weighted by molar-refractivity contribution is 5.78. The summed E-state index contributed by atoms with van der Waals surface area (Å²) in [6.07, 6.45) is 15.6. The number of hydrogen-bond acceptors (Lipinski definition) is 5. The van der Waals surface area contributed by atoms with Crippen molar-refractivity contribution in [3.63, 3.8) is 0 Å². The second-order valence-corrected chi connectivity index (χ2v) is 11.9. The highest BCUT2D eigenvalue weighted by atomic mass is 16.5. The van der Waals surface area contributed by atoms with E-state index in [9.17, 15) is 4.79 Å². The number of fused-ring (bicyclic) bond motifs is 2. The number of aryl methyl sites for hydroxylation is 1. The first kappa shape index (κ1) is 26.8. The maximum absolute atomic E-state index is 12.7. The Morgan fingerprint density at radius 2 is 2.21 bits per heavy atom. The summed E-state index contributed by atoms with van der Waals surface area (Å²) in [7, 11) is 0. The van der Waals surface area contributed by atoms with E-state index in [0.29, 0.717) is 25.0 Å². The van der Waals surface area contributed by atoms with Crippen molar-refractivity contribution < 1.29 is 19.0 Å². The number of carbonyl (C=O) groups is 1. The Kier molecular flexibility index (Phi) is 8.12. The minimum Gasteiger partial charge on any atom is -0.492 e. The zero-order valence-electron chi connectivity index (χ0n) is 23.0. The van der Waals surface area contributed by atoms with Crippen molar-refractivity contribution in [2.24, 2.45) is 23.2 Å². The maximum atomic E-state index is 12.7. The van der Waals surface area contributed by atoms with Crippen molar-refractivity contribution in [2.75, 3.05) is 19.8 Å². The van der Waals surface area contributed by atoms with Crippen LogP contribution in [0.15, 0.2) is 54.9 Å². The molecule has 3 unspecified atom stereocenters. The van der Waals surface area contributed by atoms with E-state index in [1.807, 2.05) is 23.7 Å². The van der Waals surface area contributed by atoms with E-state index in [1.165, 1.54) is 18.4 Å². The fourth-order valence-corrected chi connectivity index (χ4v) is 5.60. The molecule has 5 atom stereocenters. The van der Waals surface area contributed by atoms with E-state index in [1.54, 1.807) is 0 Å². The maximum Gasteiger partial charge on any atom is 0.226 e. The molecule has 0 radical (unpaired) electrons. The number of nitrogens with one attached hydrogen (secondary N) is 1. The Balaban J connectivity index is 1.02. The summed E-state index contributed by atoms with van der Waals surface area (Å²) in [6, 6.07) is 1.77. The lowest BCUT2D eigenvalue weighted by atomic mass is 9.83. The first-order valence-electron chi connectivity index (χ1n) is 14.2. The molecule has 0 aromatic carbocycles. The SMILES string of the molecule is C=CCC(CC12C=CC(OC[C@@H](C)NC(=O)Cc3cc4n(n3)CCC(COCC3CC3)O4)=C[C@@H]1C2)C(=C)C. The van der Waals surface area contributed by atoms with Gasteiger partial charge in [0.2, 0.25) is 11.8 Å². The zero-order chi connectivity index (χ0) is 26.7. The van der Waals surface area contributed by atoms with Gasteiger partial charge in [0, 0.05) is 25.6 Å². The standard InChI is InChI=1S/C31H43N3O4/c1-5-6-24(21(2)3)16-31-11-9-27(13-25(31)17-31)37-18-22(4)32-29(35)14-26-15-30-34(33-26)12-10-28(38-30)20-36-19-23-7-8-23/h5,9,11,13,15,22-25,28H,1-2,6-8,10,12,14,16-20H2,3-4H3,(H,32,35)/t22-,24?,25-,28?,31?/m1/s1. The van der Waals surface area contributed by atoms with E-state index in [2.05, 4.69) is 48.7 Å². The Morgan fingerprint density at radius 3 is 2.95 bits per heavy atom. The molecule has 7 heteroatoms. The van der Waals surface area contributed by atoms with Crippen LogP contribution in [0.4, 0.5) is 0 Å². The molecule has 0 spiro atoms. The predicted octanol–water partition coefficient (Wildman–Crippen LogP) is 5.14. The van der Waals surface area contributed by atoms with Crippen LogP contribution in [0.5, 0.6) is 5.88 Å². The third-order valence-electron chi connectivity index (χ3n) is 8.25. The van der Waals surface area contributed by atoms with Gasteiger partial charge in [-0.2, -0.15) is 5.10 Å². The van der Waals surface area contributed by atoms with Crippen molar-refractivity contribution in [1.82, 2.24) is 15.1 Å². The van der Waals surface area contributed by atoms with Gasteiger partial charge in [-0.05, 0) is 81.3 Å². The number of allylic oxidation sites excluding steroid dienone is 5. The molecule has 206 valence electrons. The Morgan fingerprint density at radius 1 is 1.37 bits per heavy atom. The van der Waals surface area contributed by atoms with Gasteiger partial charge in [0.05, 0.1) is 24.8 Å². The quantitative estimate of drug-likeness (QED) is 0.324. The molecule has 1 N–H and O–H groups in total. The first-order valence-corrected chi connectivity index (χ1v) is 14.2. The monoisotopic (exact) mass is 521 g/mol. The highest BCUT2D eigenvalue weighted by Gasteiger charge is 2.53. The molecule has 1 aromatic rings. The molecular weight excluding hydrogens is 478 g/mol. The lowest BCUT2D eigenvalue weighted by Crippen LogP contribution is -2.36.